The molecule has 0 aliphatic heterocycles. The predicted molar refractivity (Wildman–Crippen MR) is 44.7 cm³/mol. The van der Waals surface area contributed by atoms with Gasteiger partial charge in [-0.15, -0.1) is 0 Å². The van der Waals surface area contributed by atoms with E-state index in [9.17, 15) is 4.79 Å². The second kappa shape index (κ2) is 2.59. The molecular formula is C9H10N2O. The van der Waals surface area contributed by atoms with Gasteiger partial charge in [0.15, 0.2) is 0 Å². The number of rotatable bonds is 2. The molecule has 62 valence electrons. The molecule has 3 nitrogen and oxygen atoms in total. The first-order valence-electron chi connectivity index (χ1n) is 4.03. The highest BCUT2D eigenvalue weighted by Crippen LogP contribution is 2.38. The fourth-order valence-electron chi connectivity index (χ4n) is 1.20. The van der Waals surface area contributed by atoms with Crippen LogP contribution in [0, 0.1) is 0 Å². The Morgan fingerprint density at radius 3 is 2.92 bits per heavy atom. The van der Waals surface area contributed by atoms with Crippen LogP contribution >= 0.6 is 0 Å². The van der Waals surface area contributed by atoms with Crippen molar-refractivity contribution < 1.29 is 4.79 Å². The Morgan fingerprint density at radius 1 is 1.58 bits per heavy atom. The van der Waals surface area contributed by atoms with Gasteiger partial charge in [-0.3, -0.25) is 9.78 Å². The number of amides is 1. The number of carbonyl (C=O) groups excluding carboxylic acids is 1. The molecule has 1 saturated carbocycles. The average Bonchev–Trinajstić information content (AvgIpc) is 2.87. The molecule has 0 bridgehead atoms. The van der Waals surface area contributed by atoms with Crippen LogP contribution in [0.2, 0.25) is 0 Å². The molecule has 0 spiro atoms. The van der Waals surface area contributed by atoms with Gasteiger partial charge in [-0.05, 0) is 25.0 Å². The van der Waals surface area contributed by atoms with Crippen molar-refractivity contribution >= 4 is 5.91 Å². The molecule has 1 aromatic rings. The van der Waals surface area contributed by atoms with Gasteiger partial charge >= 0.3 is 0 Å². The molecule has 0 radical (unpaired) electrons. The molecule has 2 N–H and O–H groups in total. The van der Waals surface area contributed by atoms with E-state index >= 15 is 0 Å². The molecule has 12 heavy (non-hydrogen) atoms. The Hall–Kier alpha value is -1.38. The maximum Gasteiger partial charge on any atom is 0.248 e. The van der Waals surface area contributed by atoms with Gasteiger partial charge in [-0.1, -0.05) is 0 Å². The van der Waals surface area contributed by atoms with Crippen LogP contribution in [-0.2, 0) is 0 Å². The van der Waals surface area contributed by atoms with Gasteiger partial charge in [-0.25, -0.2) is 0 Å². The molecule has 1 amide bonds. The largest absolute Gasteiger partial charge is 0.366 e. The summed E-state index contributed by atoms with van der Waals surface area (Å²) >= 11 is 0. The average molecular weight is 162 g/mol. The summed E-state index contributed by atoms with van der Waals surface area (Å²) in [5.41, 5.74) is 6.70. The van der Waals surface area contributed by atoms with E-state index in [0.29, 0.717) is 11.5 Å². The normalized spacial score (nSPS) is 16.0. The highest BCUT2D eigenvalue weighted by Gasteiger charge is 2.25. The smallest absolute Gasteiger partial charge is 0.248 e. The van der Waals surface area contributed by atoms with Crippen LogP contribution in [0.25, 0.3) is 0 Å². The van der Waals surface area contributed by atoms with Crippen LogP contribution in [-0.4, -0.2) is 10.9 Å². The van der Waals surface area contributed by atoms with Crippen molar-refractivity contribution in [1.29, 1.82) is 0 Å². The van der Waals surface area contributed by atoms with Crippen LogP contribution in [0.15, 0.2) is 18.3 Å². The maximum atomic E-state index is 10.8. The summed E-state index contributed by atoms with van der Waals surface area (Å²) in [4.78, 5) is 15.0. The maximum absolute atomic E-state index is 10.8. The molecule has 0 aromatic carbocycles. The molecule has 3 heteroatoms. The summed E-state index contributed by atoms with van der Waals surface area (Å²) in [6, 6.07) is 3.44. The fourth-order valence-corrected chi connectivity index (χ4v) is 1.20. The van der Waals surface area contributed by atoms with Crippen molar-refractivity contribution in [2.24, 2.45) is 5.73 Å². The van der Waals surface area contributed by atoms with E-state index in [0.717, 1.165) is 5.69 Å². The minimum absolute atomic E-state index is 0.376. The second-order valence-corrected chi connectivity index (χ2v) is 3.11. The van der Waals surface area contributed by atoms with E-state index in [1.807, 2.05) is 0 Å². The number of carbonyl (C=O) groups is 1. The number of nitrogens with two attached hydrogens (primary N) is 1. The monoisotopic (exact) mass is 162 g/mol. The van der Waals surface area contributed by atoms with Crippen molar-refractivity contribution in [1.82, 2.24) is 4.98 Å². The summed E-state index contributed by atoms with van der Waals surface area (Å²) in [6.45, 7) is 0. The minimum Gasteiger partial charge on any atom is -0.366 e. The van der Waals surface area contributed by atoms with E-state index in [4.69, 9.17) is 5.73 Å². The van der Waals surface area contributed by atoms with E-state index in [1.165, 1.54) is 12.8 Å². The third-order valence-electron chi connectivity index (χ3n) is 2.06. The second-order valence-electron chi connectivity index (χ2n) is 3.11. The van der Waals surface area contributed by atoms with Crippen LogP contribution in [0.4, 0.5) is 0 Å². The quantitative estimate of drug-likeness (QED) is 0.706. The lowest BCUT2D eigenvalue weighted by atomic mass is 10.2. The zero-order valence-corrected chi connectivity index (χ0v) is 6.66. The van der Waals surface area contributed by atoms with Crippen molar-refractivity contribution in [2.75, 3.05) is 0 Å². The Morgan fingerprint density at radius 2 is 2.33 bits per heavy atom. The molecule has 0 atom stereocenters. The predicted octanol–water partition coefficient (Wildman–Crippen LogP) is 1.06. The minimum atomic E-state index is -0.376. The molecule has 1 aliphatic carbocycles. The first-order valence-corrected chi connectivity index (χ1v) is 4.03. The summed E-state index contributed by atoms with van der Waals surface area (Å²) in [5.74, 6) is 0.198. The number of hydrogen-bond acceptors (Lipinski definition) is 2. The molecule has 1 aliphatic rings. The number of aromatic nitrogens is 1. The van der Waals surface area contributed by atoms with Crippen molar-refractivity contribution in [3.63, 3.8) is 0 Å². The third-order valence-corrected chi connectivity index (χ3v) is 2.06. The summed E-state index contributed by atoms with van der Waals surface area (Å²) in [5, 5.41) is 0. The van der Waals surface area contributed by atoms with E-state index in [-0.39, 0.29) is 5.91 Å². The zero-order valence-electron chi connectivity index (χ0n) is 6.66. The van der Waals surface area contributed by atoms with Gasteiger partial charge in [0, 0.05) is 23.4 Å². The Labute approximate surface area is 70.6 Å². The van der Waals surface area contributed by atoms with Gasteiger partial charge in [0.25, 0.3) is 0 Å². The van der Waals surface area contributed by atoms with Gasteiger partial charge in [0.1, 0.15) is 0 Å². The van der Waals surface area contributed by atoms with Crippen LogP contribution in [0.3, 0.4) is 0 Å². The Kier molecular flexibility index (Phi) is 1.57. The van der Waals surface area contributed by atoms with Crippen molar-refractivity contribution in [3.05, 3.63) is 29.6 Å². The van der Waals surface area contributed by atoms with E-state index in [1.54, 1.807) is 18.3 Å². The Balaban J connectivity index is 2.32. The first-order chi connectivity index (χ1) is 5.77. The lowest BCUT2D eigenvalue weighted by Gasteiger charge is -1.98. The summed E-state index contributed by atoms with van der Waals surface area (Å²) in [7, 11) is 0. The zero-order chi connectivity index (χ0) is 8.55. The van der Waals surface area contributed by atoms with Gasteiger partial charge < -0.3 is 5.73 Å². The number of primary amides is 1. The fraction of sp³-hybridized carbons (Fsp3) is 0.333. The molecule has 0 saturated heterocycles. The standard InChI is InChI=1S/C9H10N2O/c10-9(12)7-3-4-11-8(5-7)6-1-2-6/h3-6H,1-2H2,(H2,10,12). The highest BCUT2D eigenvalue weighted by atomic mass is 16.1. The molecular weight excluding hydrogens is 152 g/mol. The molecule has 2 rings (SSSR count). The highest BCUT2D eigenvalue weighted by molar-refractivity contribution is 5.92. The van der Waals surface area contributed by atoms with Crippen molar-refractivity contribution in [2.45, 2.75) is 18.8 Å². The van der Waals surface area contributed by atoms with E-state index < -0.39 is 0 Å². The Bertz CT molecular complexity index is 318. The molecule has 1 aromatic heterocycles. The molecule has 1 heterocycles. The van der Waals surface area contributed by atoms with Gasteiger partial charge in [0.2, 0.25) is 5.91 Å². The lowest BCUT2D eigenvalue weighted by molar-refractivity contribution is 0.1000. The van der Waals surface area contributed by atoms with E-state index in [2.05, 4.69) is 4.98 Å². The van der Waals surface area contributed by atoms with Crippen molar-refractivity contribution in [3.8, 4) is 0 Å². The molecule has 1 fully saturated rings. The lowest BCUT2D eigenvalue weighted by Crippen LogP contribution is -2.11. The SMILES string of the molecule is NC(=O)c1ccnc(C2CC2)c1. The summed E-state index contributed by atoms with van der Waals surface area (Å²) < 4.78 is 0. The molecule has 0 unspecified atom stereocenters. The third kappa shape index (κ3) is 1.30. The van der Waals surface area contributed by atoms with Gasteiger partial charge in [-0.2, -0.15) is 0 Å². The van der Waals surface area contributed by atoms with Crippen LogP contribution in [0.5, 0.6) is 0 Å². The summed E-state index contributed by atoms with van der Waals surface area (Å²) in [6.07, 6.45) is 4.03. The number of pyridine rings is 1. The first kappa shape index (κ1) is 7.28. The number of nitrogens with zero attached hydrogens (tertiary/aromatic N) is 1. The van der Waals surface area contributed by atoms with Gasteiger partial charge in [0.05, 0.1) is 0 Å². The topological polar surface area (TPSA) is 56.0 Å². The van der Waals surface area contributed by atoms with Crippen LogP contribution < -0.4 is 5.73 Å². The number of hydrogen-bond donors (Lipinski definition) is 1. The van der Waals surface area contributed by atoms with Crippen LogP contribution in [0.1, 0.15) is 34.8 Å².